The number of carbonyl (C=O) groups is 1. The first kappa shape index (κ1) is 11.8. The van der Waals surface area contributed by atoms with Crippen LogP contribution < -0.4 is 0 Å². The number of phenols is 1. The van der Waals surface area contributed by atoms with Gasteiger partial charge in [0.05, 0.1) is 0 Å². The molecule has 0 saturated heterocycles. The molecule has 1 aromatic rings. The lowest BCUT2D eigenvalue weighted by Crippen LogP contribution is -1.77. The number of rotatable bonds is 4. The summed E-state index contributed by atoms with van der Waals surface area (Å²) in [5, 5.41) is 18.0. The van der Waals surface area contributed by atoms with E-state index in [9.17, 15) is 9.90 Å². The molecule has 0 aromatic heterocycles. The summed E-state index contributed by atoms with van der Waals surface area (Å²) in [6, 6.07) is 6.82. The summed E-state index contributed by atoms with van der Waals surface area (Å²) < 4.78 is 0. The van der Waals surface area contributed by atoms with Gasteiger partial charge in [0, 0.05) is 0 Å². The SMILES string of the molecule is O=C\C(O)=C/C=C/C=C/c1cccc(O)c1. The average molecular weight is 216 g/mol. The quantitative estimate of drug-likeness (QED) is 0.352. The summed E-state index contributed by atoms with van der Waals surface area (Å²) in [6.45, 7) is 0. The molecule has 82 valence electrons. The van der Waals surface area contributed by atoms with Gasteiger partial charge in [-0.15, -0.1) is 0 Å². The normalized spacial score (nSPS) is 12.4. The Labute approximate surface area is 93.7 Å². The monoisotopic (exact) mass is 216 g/mol. The van der Waals surface area contributed by atoms with Gasteiger partial charge in [-0.05, 0) is 23.8 Å². The second kappa shape index (κ2) is 6.24. The molecule has 0 saturated carbocycles. The number of hydrogen-bond donors (Lipinski definition) is 2. The van der Waals surface area contributed by atoms with Crippen LogP contribution >= 0.6 is 0 Å². The molecular weight excluding hydrogens is 204 g/mol. The Hall–Kier alpha value is -2.29. The van der Waals surface area contributed by atoms with Crippen LogP contribution in [0.1, 0.15) is 5.56 Å². The molecular formula is C13H12O3. The van der Waals surface area contributed by atoms with Crippen LogP contribution in [0.4, 0.5) is 0 Å². The van der Waals surface area contributed by atoms with Crippen molar-refractivity contribution in [3.05, 3.63) is 59.9 Å². The van der Waals surface area contributed by atoms with Crippen LogP contribution in [0, 0.1) is 0 Å². The lowest BCUT2D eigenvalue weighted by molar-refractivity contribution is -0.106. The minimum Gasteiger partial charge on any atom is -0.508 e. The molecule has 0 heterocycles. The number of benzene rings is 1. The molecule has 0 aliphatic carbocycles. The van der Waals surface area contributed by atoms with Gasteiger partial charge in [0.25, 0.3) is 0 Å². The van der Waals surface area contributed by atoms with Crippen molar-refractivity contribution < 1.29 is 15.0 Å². The van der Waals surface area contributed by atoms with E-state index in [0.29, 0.717) is 6.29 Å². The number of aliphatic hydroxyl groups excluding tert-OH is 1. The van der Waals surface area contributed by atoms with Gasteiger partial charge in [-0.2, -0.15) is 0 Å². The fraction of sp³-hybridized carbons (Fsp3) is 0. The molecule has 1 aromatic carbocycles. The van der Waals surface area contributed by atoms with E-state index >= 15 is 0 Å². The summed E-state index contributed by atoms with van der Waals surface area (Å²) in [7, 11) is 0. The lowest BCUT2D eigenvalue weighted by Gasteiger charge is -1.92. The highest BCUT2D eigenvalue weighted by molar-refractivity contribution is 5.70. The molecule has 0 aliphatic rings. The molecule has 0 atom stereocenters. The zero-order chi connectivity index (χ0) is 11.8. The molecule has 16 heavy (non-hydrogen) atoms. The third kappa shape index (κ3) is 4.28. The zero-order valence-electron chi connectivity index (χ0n) is 8.58. The van der Waals surface area contributed by atoms with Gasteiger partial charge in [-0.25, -0.2) is 0 Å². The van der Waals surface area contributed by atoms with Crippen molar-refractivity contribution in [2.45, 2.75) is 0 Å². The maximum atomic E-state index is 10.0. The molecule has 3 heteroatoms. The highest BCUT2D eigenvalue weighted by Gasteiger charge is 1.87. The number of allylic oxidation sites excluding steroid dienone is 5. The van der Waals surface area contributed by atoms with Crippen LogP contribution in [0.3, 0.4) is 0 Å². The molecule has 0 aliphatic heterocycles. The standard InChI is InChI=1S/C13H12O3/c14-10-13(16)7-3-1-2-5-11-6-4-8-12(15)9-11/h1-10,15-16H/b3-1+,5-2+,13-7+. The highest BCUT2D eigenvalue weighted by Crippen LogP contribution is 2.11. The molecule has 0 amide bonds. The molecule has 1 rings (SSSR count). The topological polar surface area (TPSA) is 57.5 Å². The van der Waals surface area contributed by atoms with Crippen LogP contribution in [0.15, 0.2) is 54.3 Å². The predicted octanol–water partition coefficient (Wildman–Crippen LogP) is 2.60. The van der Waals surface area contributed by atoms with Gasteiger partial charge in [-0.3, -0.25) is 4.79 Å². The van der Waals surface area contributed by atoms with Crippen LogP contribution in [0.2, 0.25) is 0 Å². The maximum absolute atomic E-state index is 10.0. The van der Waals surface area contributed by atoms with E-state index in [2.05, 4.69) is 0 Å². The smallest absolute Gasteiger partial charge is 0.184 e. The molecule has 0 fully saturated rings. The largest absolute Gasteiger partial charge is 0.508 e. The third-order valence-corrected chi connectivity index (χ3v) is 1.77. The van der Waals surface area contributed by atoms with E-state index in [0.717, 1.165) is 5.56 Å². The molecule has 0 unspecified atom stereocenters. The van der Waals surface area contributed by atoms with E-state index in [-0.39, 0.29) is 11.5 Å². The summed E-state index contributed by atoms with van der Waals surface area (Å²) in [5.74, 6) is -0.105. The third-order valence-electron chi connectivity index (χ3n) is 1.77. The molecule has 3 nitrogen and oxygen atoms in total. The first-order valence-corrected chi connectivity index (χ1v) is 4.70. The van der Waals surface area contributed by atoms with Crippen molar-refractivity contribution in [3.63, 3.8) is 0 Å². The average Bonchev–Trinajstić information content (AvgIpc) is 2.28. The number of aromatic hydroxyl groups is 1. The van der Waals surface area contributed by atoms with E-state index in [1.54, 1.807) is 42.5 Å². The van der Waals surface area contributed by atoms with Gasteiger partial charge >= 0.3 is 0 Å². The van der Waals surface area contributed by atoms with Crippen LogP contribution in [0.5, 0.6) is 5.75 Å². The Morgan fingerprint density at radius 2 is 2.00 bits per heavy atom. The van der Waals surface area contributed by atoms with Crippen molar-refractivity contribution in [2.75, 3.05) is 0 Å². The predicted molar refractivity (Wildman–Crippen MR) is 63.1 cm³/mol. The Kier molecular flexibility index (Phi) is 4.60. The number of hydrogen-bond acceptors (Lipinski definition) is 3. The Morgan fingerprint density at radius 1 is 1.19 bits per heavy atom. The van der Waals surface area contributed by atoms with E-state index in [1.165, 1.54) is 6.08 Å². The van der Waals surface area contributed by atoms with Crippen molar-refractivity contribution in [3.8, 4) is 5.75 Å². The molecule has 0 bridgehead atoms. The minimum atomic E-state index is -0.318. The number of aldehydes is 1. The summed E-state index contributed by atoms with van der Waals surface area (Å²) >= 11 is 0. The van der Waals surface area contributed by atoms with Crippen molar-refractivity contribution >= 4 is 12.4 Å². The molecule has 0 radical (unpaired) electrons. The van der Waals surface area contributed by atoms with Crippen molar-refractivity contribution in [2.24, 2.45) is 0 Å². The van der Waals surface area contributed by atoms with Crippen LogP contribution in [0.25, 0.3) is 6.08 Å². The van der Waals surface area contributed by atoms with E-state index in [1.807, 2.05) is 6.07 Å². The first-order chi connectivity index (χ1) is 7.72. The fourth-order valence-electron chi connectivity index (χ4n) is 1.05. The number of carbonyl (C=O) groups excluding carboxylic acids is 1. The van der Waals surface area contributed by atoms with Gasteiger partial charge in [-0.1, -0.05) is 36.4 Å². The second-order valence-corrected chi connectivity index (χ2v) is 3.05. The van der Waals surface area contributed by atoms with Crippen molar-refractivity contribution in [1.29, 1.82) is 0 Å². The lowest BCUT2D eigenvalue weighted by atomic mass is 10.2. The number of phenolic OH excluding ortho intramolecular Hbond substituents is 1. The zero-order valence-corrected chi connectivity index (χ0v) is 8.58. The van der Waals surface area contributed by atoms with Crippen LogP contribution in [-0.2, 0) is 4.79 Å². The number of aliphatic hydroxyl groups is 1. The van der Waals surface area contributed by atoms with E-state index in [4.69, 9.17) is 5.11 Å². The van der Waals surface area contributed by atoms with Gasteiger partial charge in [0.2, 0.25) is 0 Å². The van der Waals surface area contributed by atoms with Gasteiger partial charge < -0.3 is 10.2 Å². The second-order valence-electron chi connectivity index (χ2n) is 3.05. The van der Waals surface area contributed by atoms with Crippen molar-refractivity contribution in [1.82, 2.24) is 0 Å². The Bertz CT molecular complexity index is 442. The summed E-state index contributed by atoms with van der Waals surface area (Å²) in [4.78, 5) is 10.0. The minimum absolute atomic E-state index is 0.213. The van der Waals surface area contributed by atoms with Gasteiger partial charge in [0.15, 0.2) is 12.0 Å². The van der Waals surface area contributed by atoms with Crippen LogP contribution in [-0.4, -0.2) is 16.5 Å². The van der Waals surface area contributed by atoms with Gasteiger partial charge in [0.1, 0.15) is 5.75 Å². The highest BCUT2D eigenvalue weighted by atomic mass is 16.3. The summed E-state index contributed by atoms with van der Waals surface area (Å²) in [5.41, 5.74) is 0.869. The first-order valence-electron chi connectivity index (χ1n) is 4.70. The fourth-order valence-corrected chi connectivity index (χ4v) is 1.05. The molecule has 0 spiro atoms. The Morgan fingerprint density at radius 3 is 2.69 bits per heavy atom. The summed E-state index contributed by atoms with van der Waals surface area (Å²) in [6.07, 6.45) is 8.40. The maximum Gasteiger partial charge on any atom is 0.184 e. The molecule has 2 N–H and O–H groups in total. The van der Waals surface area contributed by atoms with E-state index < -0.39 is 0 Å². The Balaban J connectivity index is 2.58.